The van der Waals surface area contributed by atoms with Crippen molar-refractivity contribution in [2.45, 2.75) is 38.0 Å². The number of rotatable bonds is 4. The summed E-state index contributed by atoms with van der Waals surface area (Å²) in [6.45, 7) is 1.62. The molecular formula is C13H18N2O2. The van der Waals surface area contributed by atoms with Gasteiger partial charge in [0, 0.05) is 19.2 Å². The monoisotopic (exact) mass is 234 g/mol. The van der Waals surface area contributed by atoms with Gasteiger partial charge < -0.3 is 15.2 Å². The summed E-state index contributed by atoms with van der Waals surface area (Å²) in [5.74, 6) is 0.997. The normalized spacial score (nSPS) is 28.5. The number of nitrogens with zero attached hydrogens (tertiary/aromatic N) is 1. The summed E-state index contributed by atoms with van der Waals surface area (Å²) in [7, 11) is 0. The van der Waals surface area contributed by atoms with Crippen LogP contribution in [0.15, 0.2) is 18.3 Å². The lowest BCUT2D eigenvalue weighted by Crippen LogP contribution is -2.37. The van der Waals surface area contributed by atoms with Gasteiger partial charge >= 0.3 is 0 Å². The lowest BCUT2D eigenvalue weighted by atomic mass is 10.1. The highest BCUT2D eigenvalue weighted by atomic mass is 16.5. The molecule has 2 aliphatic rings. The zero-order valence-corrected chi connectivity index (χ0v) is 9.80. The Morgan fingerprint density at radius 2 is 2.24 bits per heavy atom. The third-order valence-electron chi connectivity index (χ3n) is 3.58. The number of hydrogen-bond acceptors (Lipinski definition) is 4. The number of nitrogens with one attached hydrogen (secondary N) is 1. The Balaban J connectivity index is 1.54. The van der Waals surface area contributed by atoms with Gasteiger partial charge in [0.25, 0.3) is 0 Å². The van der Waals surface area contributed by atoms with Crippen molar-refractivity contribution in [1.82, 2.24) is 10.3 Å². The van der Waals surface area contributed by atoms with Gasteiger partial charge in [0.15, 0.2) is 0 Å². The summed E-state index contributed by atoms with van der Waals surface area (Å²) in [5.41, 5.74) is 0.962. The second kappa shape index (κ2) is 4.63. The first-order chi connectivity index (χ1) is 8.33. The molecule has 0 radical (unpaired) electrons. The van der Waals surface area contributed by atoms with Crippen LogP contribution in [0, 0.1) is 5.92 Å². The van der Waals surface area contributed by atoms with Gasteiger partial charge in [-0.1, -0.05) is 0 Å². The van der Waals surface area contributed by atoms with Crippen LogP contribution < -0.4 is 5.32 Å². The van der Waals surface area contributed by atoms with Gasteiger partial charge in [-0.3, -0.25) is 4.98 Å². The maximum atomic E-state index is 9.16. The maximum Gasteiger partial charge on any atom is 0.133 e. The molecule has 2 unspecified atom stereocenters. The van der Waals surface area contributed by atoms with Crippen molar-refractivity contribution in [3.05, 3.63) is 24.0 Å². The van der Waals surface area contributed by atoms with Crippen LogP contribution in [-0.2, 0) is 11.3 Å². The minimum atomic E-state index is 0.216. The van der Waals surface area contributed by atoms with Gasteiger partial charge in [-0.15, -0.1) is 0 Å². The third-order valence-corrected chi connectivity index (χ3v) is 3.58. The van der Waals surface area contributed by atoms with Crippen LogP contribution in [0.3, 0.4) is 0 Å². The molecule has 92 valence electrons. The molecule has 1 aliphatic heterocycles. The Kier molecular flexibility index (Phi) is 2.99. The van der Waals surface area contributed by atoms with Crippen LogP contribution in [-0.4, -0.2) is 28.8 Å². The fourth-order valence-corrected chi connectivity index (χ4v) is 2.48. The number of aromatic nitrogens is 1. The molecule has 2 atom stereocenters. The van der Waals surface area contributed by atoms with Gasteiger partial charge in [-0.2, -0.15) is 0 Å². The Hall–Kier alpha value is -1.13. The van der Waals surface area contributed by atoms with Crippen molar-refractivity contribution in [3.8, 4) is 5.75 Å². The van der Waals surface area contributed by atoms with Gasteiger partial charge in [0.1, 0.15) is 5.75 Å². The predicted octanol–water partition coefficient (Wildman–Crippen LogP) is 1.44. The van der Waals surface area contributed by atoms with E-state index in [0.717, 1.165) is 31.2 Å². The molecule has 2 N–H and O–H groups in total. The van der Waals surface area contributed by atoms with Gasteiger partial charge in [0.2, 0.25) is 0 Å². The van der Waals surface area contributed by atoms with E-state index in [-0.39, 0.29) is 5.75 Å². The van der Waals surface area contributed by atoms with Gasteiger partial charge in [-0.05, 0) is 37.3 Å². The van der Waals surface area contributed by atoms with E-state index in [2.05, 4.69) is 10.3 Å². The molecule has 0 spiro atoms. The van der Waals surface area contributed by atoms with Crippen LogP contribution in [0.25, 0.3) is 0 Å². The fourth-order valence-electron chi connectivity index (χ4n) is 2.48. The second-order valence-corrected chi connectivity index (χ2v) is 4.96. The molecule has 1 aromatic rings. The smallest absolute Gasteiger partial charge is 0.133 e. The summed E-state index contributed by atoms with van der Waals surface area (Å²) in [4.78, 5) is 4.17. The predicted molar refractivity (Wildman–Crippen MR) is 63.6 cm³/mol. The standard InChI is InChI=1S/C13H18N2O2/c16-11-4-3-10(14-8-11)7-15-12-5-6-17-13(12)9-1-2-9/h3-4,8-9,12-13,15-16H,1-2,5-7H2. The highest BCUT2D eigenvalue weighted by Crippen LogP contribution is 2.38. The van der Waals surface area contributed by atoms with E-state index in [9.17, 15) is 0 Å². The first-order valence-electron chi connectivity index (χ1n) is 6.32. The van der Waals surface area contributed by atoms with Crippen LogP contribution >= 0.6 is 0 Å². The average Bonchev–Trinajstić information content (AvgIpc) is 3.08. The summed E-state index contributed by atoms with van der Waals surface area (Å²) >= 11 is 0. The molecule has 0 aromatic carbocycles. The molecule has 1 saturated carbocycles. The third kappa shape index (κ3) is 2.58. The van der Waals surface area contributed by atoms with Crippen molar-refractivity contribution >= 4 is 0 Å². The van der Waals surface area contributed by atoms with Crippen LogP contribution in [0.4, 0.5) is 0 Å². The first kappa shape index (κ1) is 11.0. The van der Waals surface area contributed by atoms with Crippen molar-refractivity contribution in [2.24, 2.45) is 5.92 Å². The topological polar surface area (TPSA) is 54.4 Å². The number of hydrogen-bond donors (Lipinski definition) is 2. The van der Waals surface area contributed by atoms with E-state index in [1.54, 1.807) is 6.07 Å². The molecule has 4 nitrogen and oxygen atoms in total. The molecule has 4 heteroatoms. The quantitative estimate of drug-likeness (QED) is 0.828. The van der Waals surface area contributed by atoms with E-state index in [0.29, 0.717) is 12.1 Å². The van der Waals surface area contributed by atoms with Crippen LogP contribution in [0.2, 0.25) is 0 Å². The molecule has 2 fully saturated rings. The van der Waals surface area contributed by atoms with E-state index in [1.165, 1.54) is 19.0 Å². The summed E-state index contributed by atoms with van der Waals surface area (Å²) < 4.78 is 5.77. The Morgan fingerprint density at radius 3 is 2.94 bits per heavy atom. The Morgan fingerprint density at radius 1 is 1.35 bits per heavy atom. The van der Waals surface area contributed by atoms with E-state index >= 15 is 0 Å². The number of pyridine rings is 1. The Bertz CT molecular complexity index is 376. The zero-order valence-electron chi connectivity index (χ0n) is 9.80. The number of ether oxygens (including phenoxy) is 1. The molecule has 1 aromatic heterocycles. The average molecular weight is 234 g/mol. The Labute approximate surface area is 101 Å². The van der Waals surface area contributed by atoms with E-state index in [1.807, 2.05) is 6.07 Å². The summed E-state index contributed by atoms with van der Waals surface area (Å²) in [6.07, 6.45) is 5.63. The van der Waals surface area contributed by atoms with Crippen molar-refractivity contribution in [1.29, 1.82) is 0 Å². The minimum Gasteiger partial charge on any atom is -0.506 e. The maximum absolute atomic E-state index is 9.16. The molecule has 2 heterocycles. The molecule has 0 amide bonds. The molecule has 0 bridgehead atoms. The summed E-state index contributed by atoms with van der Waals surface area (Å²) in [6, 6.07) is 4.00. The first-order valence-corrected chi connectivity index (χ1v) is 6.32. The second-order valence-electron chi connectivity index (χ2n) is 4.96. The molecule has 1 saturated heterocycles. The fraction of sp³-hybridized carbons (Fsp3) is 0.615. The summed E-state index contributed by atoms with van der Waals surface area (Å²) in [5, 5.41) is 12.7. The van der Waals surface area contributed by atoms with Gasteiger partial charge in [0.05, 0.1) is 18.0 Å². The van der Waals surface area contributed by atoms with Crippen LogP contribution in [0.5, 0.6) is 5.75 Å². The van der Waals surface area contributed by atoms with E-state index in [4.69, 9.17) is 9.84 Å². The van der Waals surface area contributed by atoms with Crippen molar-refractivity contribution < 1.29 is 9.84 Å². The SMILES string of the molecule is Oc1ccc(CNC2CCOC2C2CC2)nc1. The van der Waals surface area contributed by atoms with Crippen molar-refractivity contribution in [3.63, 3.8) is 0 Å². The largest absolute Gasteiger partial charge is 0.506 e. The van der Waals surface area contributed by atoms with Crippen LogP contribution in [0.1, 0.15) is 25.0 Å². The van der Waals surface area contributed by atoms with Gasteiger partial charge in [-0.25, -0.2) is 0 Å². The minimum absolute atomic E-state index is 0.216. The highest BCUT2D eigenvalue weighted by Gasteiger charge is 2.40. The van der Waals surface area contributed by atoms with E-state index < -0.39 is 0 Å². The number of aromatic hydroxyl groups is 1. The zero-order chi connectivity index (χ0) is 11.7. The highest BCUT2D eigenvalue weighted by molar-refractivity contribution is 5.17. The molecule has 3 rings (SSSR count). The van der Waals surface area contributed by atoms with Crippen molar-refractivity contribution in [2.75, 3.05) is 6.61 Å². The lowest BCUT2D eigenvalue weighted by molar-refractivity contribution is 0.0808. The molecular weight excluding hydrogens is 216 g/mol. The molecule has 1 aliphatic carbocycles. The lowest BCUT2D eigenvalue weighted by Gasteiger charge is -2.19. The molecule has 17 heavy (non-hydrogen) atoms.